The van der Waals surface area contributed by atoms with E-state index in [0.717, 1.165) is 25.9 Å². The van der Waals surface area contributed by atoms with Crippen molar-refractivity contribution in [2.24, 2.45) is 11.3 Å². The van der Waals surface area contributed by atoms with E-state index in [1.54, 1.807) is 0 Å². The molecule has 1 saturated carbocycles. The molecule has 0 unspecified atom stereocenters. The van der Waals surface area contributed by atoms with Gasteiger partial charge in [-0.25, -0.2) is 0 Å². The molecule has 1 heterocycles. The van der Waals surface area contributed by atoms with Crippen LogP contribution in [0.1, 0.15) is 26.2 Å². The van der Waals surface area contributed by atoms with E-state index in [9.17, 15) is 4.79 Å². The van der Waals surface area contributed by atoms with Crippen molar-refractivity contribution in [1.82, 2.24) is 5.32 Å². The van der Waals surface area contributed by atoms with Crippen LogP contribution in [0.4, 0.5) is 0 Å². The topological polar surface area (TPSA) is 38.3 Å². The Kier molecular flexibility index (Phi) is 2.28. The van der Waals surface area contributed by atoms with Crippen molar-refractivity contribution in [3.8, 4) is 0 Å². The fourth-order valence-electron chi connectivity index (χ4n) is 2.63. The van der Waals surface area contributed by atoms with Crippen LogP contribution in [-0.4, -0.2) is 25.7 Å². The third kappa shape index (κ3) is 1.46. The predicted molar refractivity (Wildman–Crippen MR) is 49.3 cm³/mol. The summed E-state index contributed by atoms with van der Waals surface area (Å²) in [4.78, 5) is 11.7. The number of hydrogen-bond donors (Lipinski definition) is 1. The Labute approximate surface area is 78.8 Å². The second-order valence-corrected chi connectivity index (χ2v) is 4.24. The molecule has 2 rings (SSSR count). The van der Waals surface area contributed by atoms with Gasteiger partial charge in [-0.2, -0.15) is 0 Å². The Morgan fingerprint density at radius 3 is 3.31 bits per heavy atom. The quantitative estimate of drug-likeness (QED) is 0.647. The van der Waals surface area contributed by atoms with E-state index >= 15 is 0 Å². The summed E-state index contributed by atoms with van der Waals surface area (Å²) in [5.74, 6) is 0.725. The van der Waals surface area contributed by atoms with Gasteiger partial charge in [-0.05, 0) is 38.6 Å². The van der Waals surface area contributed by atoms with Gasteiger partial charge in [0, 0.05) is 6.54 Å². The number of nitrogens with one attached hydrogen (secondary N) is 1. The van der Waals surface area contributed by atoms with Crippen LogP contribution in [0, 0.1) is 11.3 Å². The van der Waals surface area contributed by atoms with Gasteiger partial charge in [-0.3, -0.25) is 4.79 Å². The Hall–Kier alpha value is -0.570. The SMILES string of the molecule is CCOC(=O)[C@@]12CC[C@@H](CNC1)C2. The minimum atomic E-state index is -0.168. The summed E-state index contributed by atoms with van der Waals surface area (Å²) in [5.41, 5.74) is -0.168. The first-order valence-electron chi connectivity index (χ1n) is 5.15. The highest BCUT2D eigenvalue weighted by atomic mass is 16.5. The molecule has 2 atom stereocenters. The standard InChI is InChI=1S/C10H17NO2/c1-2-13-9(12)10-4-3-8(5-10)6-11-7-10/h8,11H,2-7H2,1H3/t8-,10-/m1/s1. The number of esters is 1. The molecule has 0 spiro atoms. The molecule has 2 fully saturated rings. The number of rotatable bonds is 2. The summed E-state index contributed by atoms with van der Waals surface area (Å²) in [6, 6.07) is 0. The van der Waals surface area contributed by atoms with Crippen molar-refractivity contribution in [3.63, 3.8) is 0 Å². The van der Waals surface area contributed by atoms with Gasteiger partial charge in [0.2, 0.25) is 0 Å². The Morgan fingerprint density at radius 2 is 2.54 bits per heavy atom. The molecular weight excluding hydrogens is 166 g/mol. The van der Waals surface area contributed by atoms with Gasteiger partial charge in [0.15, 0.2) is 0 Å². The number of fused-ring (bicyclic) bond motifs is 2. The second kappa shape index (κ2) is 3.29. The summed E-state index contributed by atoms with van der Waals surface area (Å²) >= 11 is 0. The minimum Gasteiger partial charge on any atom is -0.466 e. The molecule has 0 amide bonds. The number of carbonyl (C=O) groups excluding carboxylic acids is 1. The van der Waals surface area contributed by atoms with Crippen molar-refractivity contribution < 1.29 is 9.53 Å². The van der Waals surface area contributed by atoms with Gasteiger partial charge in [0.1, 0.15) is 0 Å². The lowest BCUT2D eigenvalue weighted by Crippen LogP contribution is -2.45. The molecule has 74 valence electrons. The molecule has 2 aliphatic rings. The zero-order valence-corrected chi connectivity index (χ0v) is 8.14. The first kappa shape index (κ1) is 9.00. The highest BCUT2D eigenvalue weighted by molar-refractivity contribution is 5.77. The fraction of sp³-hybridized carbons (Fsp3) is 0.900. The summed E-state index contributed by atoms with van der Waals surface area (Å²) in [6.45, 7) is 4.28. The van der Waals surface area contributed by atoms with Crippen LogP contribution < -0.4 is 5.32 Å². The van der Waals surface area contributed by atoms with Crippen LogP contribution in [0.5, 0.6) is 0 Å². The molecule has 2 bridgehead atoms. The van der Waals surface area contributed by atoms with Crippen molar-refractivity contribution in [1.29, 1.82) is 0 Å². The maximum absolute atomic E-state index is 11.7. The molecule has 1 aliphatic carbocycles. The van der Waals surface area contributed by atoms with Crippen LogP contribution in [0.2, 0.25) is 0 Å². The van der Waals surface area contributed by atoms with Crippen LogP contribution in [0.15, 0.2) is 0 Å². The second-order valence-electron chi connectivity index (χ2n) is 4.24. The van der Waals surface area contributed by atoms with E-state index in [0.29, 0.717) is 12.5 Å². The maximum atomic E-state index is 11.7. The van der Waals surface area contributed by atoms with Crippen LogP contribution >= 0.6 is 0 Å². The third-order valence-electron chi connectivity index (χ3n) is 3.32. The molecular formula is C10H17NO2. The van der Waals surface area contributed by atoms with E-state index in [1.165, 1.54) is 6.42 Å². The lowest BCUT2D eigenvalue weighted by Gasteiger charge is -2.31. The molecule has 1 N–H and O–H groups in total. The molecule has 0 aromatic rings. The molecule has 0 aromatic heterocycles. The number of piperidine rings is 1. The van der Waals surface area contributed by atoms with Gasteiger partial charge in [0.05, 0.1) is 12.0 Å². The molecule has 1 aliphatic heterocycles. The van der Waals surface area contributed by atoms with Gasteiger partial charge < -0.3 is 10.1 Å². The average Bonchev–Trinajstić information content (AvgIpc) is 2.44. The van der Waals surface area contributed by atoms with E-state index in [-0.39, 0.29) is 11.4 Å². The number of ether oxygens (including phenoxy) is 1. The van der Waals surface area contributed by atoms with Crippen LogP contribution in [0.25, 0.3) is 0 Å². The summed E-state index contributed by atoms with van der Waals surface area (Å²) in [6.07, 6.45) is 3.24. The Balaban J connectivity index is 2.06. The van der Waals surface area contributed by atoms with E-state index in [4.69, 9.17) is 4.74 Å². The van der Waals surface area contributed by atoms with E-state index in [2.05, 4.69) is 5.32 Å². The van der Waals surface area contributed by atoms with Crippen LogP contribution in [0.3, 0.4) is 0 Å². The predicted octanol–water partition coefficient (Wildman–Crippen LogP) is 0.939. The molecule has 3 nitrogen and oxygen atoms in total. The maximum Gasteiger partial charge on any atom is 0.313 e. The lowest BCUT2D eigenvalue weighted by atomic mass is 9.83. The van der Waals surface area contributed by atoms with E-state index < -0.39 is 0 Å². The zero-order valence-electron chi connectivity index (χ0n) is 8.14. The lowest BCUT2D eigenvalue weighted by molar-refractivity contribution is -0.155. The van der Waals surface area contributed by atoms with Crippen LogP contribution in [-0.2, 0) is 9.53 Å². The number of hydrogen-bond acceptors (Lipinski definition) is 3. The molecule has 1 saturated heterocycles. The molecule has 3 heteroatoms. The highest BCUT2D eigenvalue weighted by Crippen LogP contribution is 2.44. The normalized spacial score (nSPS) is 37.5. The minimum absolute atomic E-state index is 0.0182. The molecule has 0 aromatic carbocycles. The largest absolute Gasteiger partial charge is 0.466 e. The molecule has 13 heavy (non-hydrogen) atoms. The van der Waals surface area contributed by atoms with Crippen molar-refractivity contribution >= 4 is 5.97 Å². The zero-order chi connectivity index (χ0) is 9.31. The molecule has 0 radical (unpaired) electrons. The monoisotopic (exact) mass is 183 g/mol. The first-order valence-corrected chi connectivity index (χ1v) is 5.15. The smallest absolute Gasteiger partial charge is 0.313 e. The third-order valence-corrected chi connectivity index (χ3v) is 3.32. The van der Waals surface area contributed by atoms with Gasteiger partial charge in [-0.15, -0.1) is 0 Å². The first-order chi connectivity index (χ1) is 6.27. The Morgan fingerprint density at radius 1 is 1.69 bits per heavy atom. The summed E-state index contributed by atoms with van der Waals surface area (Å²) in [7, 11) is 0. The van der Waals surface area contributed by atoms with Crippen molar-refractivity contribution in [3.05, 3.63) is 0 Å². The van der Waals surface area contributed by atoms with Crippen molar-refractivity contribution in [2.45, 2.75) is 26.2 Å². The Bertz CT molecular complexity index is 213. The number of carbonyl (C=O) groups is 1. The van der Waals surface area contributed by atoms with Crippen molar-refractivity contribution in [2.75, 3.05) is 19.7 Å². The van der Waals surface area contributed by atoms with Gasteiger partial charge in [0.25, 0.3) is 0 Å². The van der Waals surface area contributed by atoms with Gasteiger partial charge in [-0.1, -0.05) is 0 Å². The fourth-order valence-corrected chi connectivity index (χ4v) is 2.63. The van der Waals surface area contributed by atoms with E-state index in [1.807, 2.05) is 6.92 Å². The summed E-state index contributed by atoms with van der Waals surface area (Å²) in [5, 5.41) is 3.33. The highest BCUT2D eigenvalue weighted by Gasteiger charge is 2.48. The summed E-state index contributed by atoms with van der Waals surface area (Å²) < 4.78 is 5.12. The van der Waals surface area contributed by atoms with Gasteiger partial charge >= 0.3 is 5.97 Å². The average molecular weight is 183 g/mol.